The maximum Gasteiger partial charge on any atom is 0.145 e. The second kappa shape index (κ2) is 5.65. The molecule has 1 aromatic carbocycles. The first kappa shape index (κ1) is 15.2. The molecule has 1 fully saturated rings. The van der Waals surface area contributed by atoms with Crippen LogP contribution in [0.25, 0.3) is 16.6 Å². The number of rotatable bonds is 2. The highest BCUT2D eigenvalue weighted by atomic mass is 16.3. The number of aryl methyl sites for hydroxylation is 2. The molecule has 1 aliphatic carbocycles. The van der Waals surface area contributed by atoms with Crippen molar-refractivity contribution >= 4 is 22.4 Å². The molecular formula is C19H24N4O. The highest BCUT2D eigenvalue weighted by molar-refractivity contribution is 6.23. The zero-order valence-corrected chi connectivity index (χ0v) is 14.3. The second-order valence-corrected chi connectivity index (χ2v) is 7.13. The van der Waals surface area contributed by atoms with Crippen LogP contribution < -0.4 is 0 Å². The summed E-state index contributed by atoms with van der Waals surface area (Å²) in [5, 5.41) is 19.1. The van der Waals surface area contributed by atoms with Gasteiger partial charge in [-0.25, -0.2) is 4.98 Å². The number of nitrogens with one attached hydrogen (secondary N) is 2. The number of amidine groups is 1. The zero-order chi connectivity index (χ0) is 16.8. The van der Waals surface area contributed by atoms with Crippen LogP contribution in [-0.2, 0) is 0 Å². The van der Waals surface area contributed by atoms with Gasteiger partial charge in [-0.2, -0.15) is 0 Å². The SMILES string of the molecule is Cc1cc2nc(C3=C(O)CN(C4CCCCC4)C3=N)[nH]c2cc1C. The largest absolute Gasteiger partial charge is 0.510 e. The maximum absolute atomic E-state index is 10.5. The van der Waals surface area contributed by atoms with Gasteiger partial charge in [-0.05, 0) is 49.9 Å². The van der Waals surface area contributed by atoms with E-state index in [0.29, 0.717) is 29.8 Å². The van der Waals surface area contributed by atoms with Crippen molar-refractivity contribution in [3.05, 3.63) is 34.8 Å². The van der Waals surface area contributed by atoms with Gasteiger partial charge in [-0.1, -0.05) is 19.3 Å². The monoisotopic (exact) mass is 324 g/mol. The molecule has 5 nitrogen and oxygen atoms in total. The molecule has 2 heterocycles. The summed E-state index contributed by atoms with van der Waals surface area (Å²) >= 11 is 0. The van der Waals surface area contributed by atoms with E-state index in [4.69, 9.17) is 5.41 Å². The first-order chi connectivity index (χ1) is 11.5. The highest BCUT2D eigenvalue weighted by Gasteiger charge is 2.34. The van der Waals surface area contributed by atoms with E-state index in [1.807, 2.05) is 4.90 Å². The van der Waals surface area contributed by atoms with E-state index >= 15 is 0 Å². The third-order valence-corrected chi connectivity index (χ3v) is 5.48. The Balaban J connectivity index is 1.68. The standard InChI is InChI=1S/C19H24N4O/c1-11-8-14-15(9-12(11)2)22-19(21-14)17-16(24)10-23(18(17)20)13-6-4-3-5-7-13/h8-9,13,20,24H,3-7,10H2,1-2H3,(H,21,22). The summed E-state index contributed by atoms with van der Waals surface area (Å²) in [6.07, 6.45) is 5.94. The van der Waals surface area contributed by atoms with E-state index in [9.17, 15) is 5.11 Å². The van der Waals surface area contributed by atoms with Crippen LogP contribution in [0.3, 0.4) is 0 Å². The van der Waals surface area contributed by atoms with E-state index in [1.165, 1.54) is 30.4 Å². The summed E-state index contributed by atoms with van der Waals surface area (Å²) in [7, 11) is 0. The van der Waals surface area contributed by atoms with E-state index in [2.05, 4.69) is 35.9 Å². The Morgan fingerprint density at radius 2 is 1.88 bits per heavy atom. The van der Waals surface area contributed by atoms with Crippen molar-refractivity contribution in [3.63, 3.8) is 0 Å². The number of nitrogens with zero attached hydrogens (tertiary/aromatic N) is 2. The Morgan fingerprint density at radius 1 is 1.17 bits per heavy atom. The van der Waals surface area contributed by atoms with Gasteiger partial charge in [-0.15, -0.1) is 0 Å². The minimum atomic E-state index is 0.262. The fourth-order valence-electron chi connectivity index (χ4n) is 3.94. The molecule has 0 amide bonds. The number of hydrogen-bond donors (Lipinski definition) is 3. The molecule has 1 aliphatic heterocycles. The van der Waals surface area contributed by atoms with Gasteiger partial charge in [0.25, 0.3) is 0 Å². The number of aromatic nitrogens is 2. The molecule has 24 heavy (non-hydrogen) atoms. The van der Waals surface area contributed by atoms with Crippen molar-refractivity contribution in [2.75, 3.05) is 6.54 Å². The summed E-state index contributed by atoms with van der Waals surface area (Å²) < 4.78 is 0. The minimum absolute atomic E-state index is 0.262. The summed E-state index contributed by atoms with van der Waals surface area (Å²) in [6.45, 7) is 4.59. The van der Waals surface area contributed by atoms with Crippen LogP contribution in [0.15, 0.2) is 17.9 Å². The molecule has 126 valence electrons. The average molecular weight is 324 g/mol. The number of aliphatic hydroxyl groups excluding tert-OH is 1. The molecule has 1 saturated carbocycles. The fraction of sp³-hybridized carbons (Fsp3) is 0.474. The van der Waals surface area contributed by atoms with E-state index in [-0.39, 0.29) is 5.76 Å². The summed E-state index contributed by atoms with van der Waals surface area (Å²) in [5.74, 6) is 1.28. The van der Waals surface area contributed by atoms with Gasteiger partial charge < -0.3 is 15.0 Å². The Labute approximate surface area is 141 Å². The number of H-pyrrole nitrogens is 1. The van der Waals surface area contributed by atoms with Crippen molar-refractivity contribution in [1.82, 2.24) is 14.9 Å². The Kier molecular flexibility index (Phi) is 3.59. The fourth-order valence-corrected chi connectivity index (χ4v) is 3.94. The highest BCUT2D eigenvalue weighted by Crippen LogP contribution is 2.32. The third-order valence-electron chi connectivity index (χ3n) is 5.48. The molecule has 2 aromatic rings. The predicted molar refractivity (Wildman–Crippen MR) is 96.4 cm³/mol. The Hall–Kier alpha value is -2.30. The van der Waals surface area contributed by atoms with Crippen molar-refractivity contribution in [1.29, 1.82) is 5.41 Å². The molecule has 3 N–H and O–H groups in total. The van der Waals surface area contributed by atoms with Crippen LogP contribution in [-0.4, -0.2) is 38.4 Å². The molecule has 0 atom stereocenters. The molecule has 2 aliphatic rings. The lowest BCUT2D eigenvalue weighted by Gasteiger charge is -2.32. The number of aromatic amines is 1. The van der Waals surface area contributed by atoms with Gasteiger partial charge in [0, 0.05) is 6.04 Å². The molecule has 0 unspecified atom stereocenters. The number of imidazole rings is 1. The Bertz CT molecular complexity index is 803. The van der Waals surface area contributed by atoms with E-state index in [0.717, 1.165) is 23.9 Å². The van der Waals surface area contributed by atoms with Crippen LogP contribution in [0.1, 0.15) is 49.1 Å². The molecule has 0 saturated heterocycles. The second-order valence-electron chi connectivity index (χ2n) is 7.13. The minimum Gasteiger partial charge on any atom is -0.510 e. The van der Waals surface area contributed by atoms with Gasteiger partial charge in [0.1, 0.15) is 17.4 Å². The topological polar surface area (TPSA) is 76.0 Å². The first-order valence-corrected chi connectivity index (χ1v) is 8.79. The summed E-state index contributed by atoms with van der Waals surface area (Å²) in [5.41, 5.74) is 4.81. The van der Waals surface area contributed by atoms with E-state index in [1.54, 1.807) is 0 Å². The quantitative estimate of drug-likeness (QED) is 0.779. The van der Waals surface area contributed by atoms with Crippen LogP contribution >= 0.6 is 0 Å². The van der Waals surface area contributed by atoms with Gasteiger partial charge in [-0.3, -0.25) is 5.41 Å². The van der Waals surface area contributed by atoms with Gasteiger partial charge >= 0.3 is 0 Å². The van der Waals surface area contributed by atoms with Crippen molar-refractivity contribution in [2.45, 2.75) is 52.0 Å². The lowest BCUT2D eigenvalue weighted by atomic mass is 9.94. The van der Waals surface area contributed by atoms with Gasteiger partial charge in [0.2, 0.25) is 0 Å². The summed E-state index contributed by atoms with van der Waals surface area (Å²) in [6, 6.07) is 4.51. The first-order valence-electron chi connectivity index (χ1n) is 8.79. The third kappa shape index (κ3) is 2.39. The molecular weight excluding hydrogens is 300 g/mol. The van der Waals surface area contributed by atoms with Crippen LogP contribution in [0.2, 0.25) is 0 Å². The van der Waals surface area contributed by atoms with Crippen molar-refractivity contribution < 1.29 is 5.11 Å². The molecule has 5 heteroatoms. The Morgan fingerprint density at radius 3 is 2.62 bits per heavy atom. The maximum atomic E-state index is 10.5. The zero-order valence-electron chi connectivity index (χ0n) is 14.3. The van der Waals surface area contributed by atoms with Crippen LogP contribution in [0.5, 0.6) is 0 Å². The van der Waals surface area contributed by atoms with Crippen LogP contribution in [0.4, 0.5) is 0 Å². The number of fused-ring (bicyclic) bond motifs is 1. The molecule has 0 radical (unpaired) electrons. The van der Waals surface area contributed by atoms with Gasteiger partial charge in [0.15, 0.2) is 0 Å². The normalized spacial score (nSPS) is 19.8. The number of benzene rings is 1. The average Bonchev–Trinajstić information content (AvgIpc) is 3.09. The summed E-state index contributed by atoms with van der Waals surface area (Å²) in [4.78, 5) is 9.98. The smallest absolute Gasteiger partial charge is 0.145 e. The molecule has 1 aromatic heterocycles. The predicted octanol–water partition coefficient (Wildman–Crippen LogP) is 4.07. The molecule has 4 rings (SSSR count). The molecule has 0 bridgehead atoms. The lowest BCUT2D eigenvalue weighted by Crippen LogP contribution is -2.38. The molecule has 0 spiro atoms. The lowest BCUT2D eigenvalue weighted by molar-refractivity contribution is 0.241. The number of hydrogen-bond acceptors (Lipinski definition) is 3. The van der Waals surface area contributed by atoms with Gasteiger partial charge in [0.05, 0.1) is 23.2 Å². The van der Waals surface area contributed by atoms with Crippen molar-refractivity contribution in [2.24, 2.45) is 0 Å². The number of aliphatic hydroxyl groups is 1. The van der Waals surface area contributed by atoms with Crippen LogP contribution in [0, 0.1) is 19.3 Å². The van der Waals surface area contributed by atoms with Crippen molar-refractivity contribution in [3.8, 4) is 0 Å². The van der Waals surface area contributed by atoms with E-state index < -0.39 is 0 Å².